The summed E-state index contributed by atoms with van der Waals surface area (Å²) in [5.74, 6) is 1.68. The van der Waals surface area contributed by atoms with E-state index in [1.165, 1.54) is 11.1 Å². The summed E-state index contributed by atoms with van der Waals surface area (Å²) >= 11 is 0. The number of aryl methyl sites for hydroxylation is 1. The molecule has 104 valence electrons. The first kappa shape index (κ1) is 15.3. The van der Waals surface area contributed by atoms with Crippen LogP contribution in [0.1, 0.15) is 17.5 Å². The van der Waals surface area contributed by atoms with Gasteiger partial charge in [-0.05, 0) is 37.6 Å². The lowest BCUT2D eigenvalue weighted by Crippen LogP contribution is -2.22. The monoisotopic (exact) mass is 262 g/mol. The molecule has 1 aromatic rings. The predicted octanol–water partition coefficient (Wildman–Crippen LogP) is 2.40. The summed E-state index contributed by atoms with van der Waals surface area (Å²) in [6.07, 6.45) is 1.47. The molecule has 0 atom stereocenters. The van der Waals surface area contributed by atoms with E-state index in [1.54, 1.807) is 14.2 Å². The molecule has 0 bridgehead atoms. The lowest BCUT2D eigenvalue weighted by molar-refractivity contribution is 0.341. The third kappa shape index (κ3) is 4.46. The maximum Gasteiger partial charge on any atom is 0.126 e. The summed E-state index contributed by atoms with van der Waals surface area (Å²) in [6.45, 7) is 3.77. The molecule has 0 aliphatic carbocycles. The smallest absolute Gasteiger partial charge is 0.126 e. The molecule has 0 amide bonds. The Morgan fingerprint density at radius 1 is 1.21 bits per heavy atom. The van der Waals surface area contributed by atoms with Crippen molar-refractivity contribution >= 4 is 0 Å². The number of hydrogen-bond donors (Lipinski definition) is 0. The Hall–Kier alpha value is -1.73. The number of nitrogens with zero attached hydrogens (tertiary/aromatic N) is 2. The highest BCUT2D eigenvalue weighted by atomic mass is 16.5. The Morgan fingerprint density at radius 2 is 1.95 bits per heavy atom. The van der Waals surface area contributed by atoms with Crippen LogP contribution in [0.4, 0.5) is 0 Å². The van der Waals surface area contributed by atoms with Gasteiger partial charge in [-0.2, -0.15) is 5.26 Å². The van der Waals surface area contributed by atoms with Crippen molar-refractivity contribution < 1.29 is 9.47 Å². The third-order valence-electron chi connectivity index (χ3n) is 3.21. The van der Waals surface area contributed by atoms with Gasteiger partial charge in [-0.1, -0.05) is 0 Å². The van der Waals surface area contributed by atoms with E-state index in [9.17, 15) is 0 Å². The van der Waals surface area contributed by atoms with Gasteiger partial charge < -0.3 is 14.4 Å². The van der Waals surface area contributed by atoms with Gasteiger partial charge in [0.15, 0.2) is 0 Å². The predicted molar refractivity (Wildman–Crippen MR) is 75.7 cm³/mol. The van der Waals surface area contributed by atoms with E-state index in [-0.39, 0.29) is 0 Å². The Morgan fingerprint density at radius 3 is 2.53 bits per heavy atom. The van der Waals surface area contributed by atoms with Crippen LogP contribution in [0.15, 0.2) is 12.1 Å². The molecule has 1 rings (SSSR count). The van der Waals surface area contributed by atoms with E-state index in [1.807, 2.05) is 19.2 Å². The second-order valence-corrected chi connectivity index (χ2v) is 4.59. The highest BCUT2D eigenvalue weighted by Gasteiger charge is 2.10. The van der Waals surface area contributed by atoms with Crippen LogP contribution in [0.3, 0.4) is 0 Å². The van der Waals surface area contributed by atoms with Crippen molar-refractivity contribution in [3.8, 4) is 17.6 Å². The molecular weight excluding hydrogens is 240 g/mol. The number of likely N-dealkylation sites (N-methyl/N-ethyl adjacent to an activating group) is 1. The Bertz CT molecular complexity index is 452. The zero-order valence-corrected chi connectivity index (χ0v) is 12.2. The Balaban J connectivity index is 2.75. The highest BCUT2D eigenvalue weighted by molar-refractivity contribution is 5.46. The van der Waals surface area contributed by atoms with E-state index in [2.05, 4.69) is 17.9 Å². The Labute approximate surface area is 115 Å². The van der Waals surface area contributed by atoms with Crippen molar-refractivity contribution in [1.29, 1.82) is 5.26 Å². The maximum absolute atomic E-state index is 8.57. The molecule has 0 radical (unpaired) electrons. The quantitative estimate of drug-likeness (QED) is 0.757. The normalized spacial score (nSPS) is 10.3. The molecule has 0 heterocycles. The summed E-state index contributed by atoms with van der Waals surface area (Å²) in [7, 11) is 5.36. The van der Waals surface area contributed by atoms with Gasteiger partial charge in [-0.3, -0.25) is 0 Å². The number of benzene rings is 1. The fourth-order valence-electron chi connectivity index (χ4n) is 2.03. The molecular formula is C15H22N2O2. The molecule has 0 saturated heterocycles. The van der Waals surface area contributed by atoms with Crippen molar-refractivity contribution in [3.63, 3.8) is 0 Å². The fourth-order valence-corrected chi connectivity index (χ4v) is 2.03. The summed E-state index contributed by atoms with van der Waals surface area (Å²) in [5, 5.41) is 8.57. The largest absolute Gasteiger partial charge is 0.497 e. The van der Waals surface area contributed by atoms with Gasteiger partial charge in [0.2, 0.25) is 0 Å². The zero-order chi connectivity index (χ0) is 14.3. The minimum absolute atomic E-state index is 0.565. The van der Waals surface area contributed by atoms with Gasteiger partial charge in [-0.15, -0.1) is 0 Å². The number of hydrogen-bond acceptors (Lipinski definition) is 4. The van der Waals surface area contributed by atoms with Crippen LogP contribution in [-0.2, 0) is 6.42 Å². The van der Waals surface area contributed by atoms with Crippen molar-refractivity contribution in [2.75, 3.05) is 34.4 Å². The molecule has 1 aromatic carbocycles. The number of rotatable bonds is 7. The van der Waals surface area contributed by atoms with Gasteiger partial charge in [-0.25, -0.2) is 0 Å². The zero-order valence-electron chi connectivity index (χ0n) is 12.2. The van der Waals surface area contributed by atoms with Crippen molar-refractivity contribution in [1.82, 2.24) is 4.90 Å². The Kier molecular flexibility index (Phi) is 6.17. The molecule has 0 aromatic heterocycles. The van der Waals surface area contributed by atoms with E-state index < -0.39 is 0 Å². The summed E-state index contributed by atoms with van der Waals surface area (Å²) < 4.78 is 10.7. The van der Waals surface area contributed by atoms with Gasteiger partial charge in [0, 0.05) is 25.6 Å². The molecule has 4 nitrogen and oxygen atoms in total. The molecule has 0 aliphatic rings. The summed E-state index contributed by atoms with van der Waals surface area (Å²) in [4.78, 5) is 2.16. The molecule has 0 unspecified atom stereocenters. The van der Waals surface area contributed by atoms with Crippen LogP contribution in [0.25, 0.3) is 0 Å². The van der Waals surface area contributed by atoms with Gasteiger partial charge in [0.1, 0.15) is 11.5 Å². The van der Waals surface area contributed by atoms with Crippen LogP contribution in [0.5, 0.6) is 11.5 Å². The van der Waals surface area contributed by atoms with E-state index >= 15 is 0 Å². The van der Waals surface area contributed by atoms with Gasteiger partial charge >= 0.3 is 0 Å². The minimum atomic E-state index is 0.565. The number of methoxy groups -OCH3 is 2. The summed E-state index contributed by atoms with van der Waals surface area (Å²) in [6, 6.07) is 6.10. The topological polar surface area (TPSA) is 45.5 Å². The SMILES string of the molecule is COc1cc(C)c(CCN(C)CCC#N)c(OC)c1. The first-order valence-corrected chi connectivity index (χ1v) is 6.39. The first-order chi connectivity index (χ1) is 9.12. The number of nitriles is 1. The van der Waals surface area contributed by atoms with Crippen molar-refractivity contribution in [2.45, 2.75) is 19.8 Å². The van der Waals surface area contributed by atoms with E-state index in [4.69, 9.17) is 14.7 Å². The van der Waals surface area contributed by atoms with Crippen molar-refractivity contribution in [3.05, 3.63) is 23.3 Å². The average Bonchev–Trinajstić information content (AvgIpc) is 2.42. The first-order valence-electron chi connectivity index (χ1n) is 6.39. The van der Waals surface area contributed by atoms with Crippen LogP contribution in [0.2, 0.25) is 0 Å². The van der Waals surface area contributed by atoms with E-state index in [0.29, 0.717) is 6.42 Å². The molecule has 0 saturated carbocycles. The van der Waals surface area contributed by atoms with Crippen LogP contribution in [-0.4, -0.2) is 39.3 Å². The standard InChI is InChI=1S/C15H22N2O2/c1-12-10-13(18-3)11-15(19-4)14(12)6-9-17(2)8-5-7-16/h10-11H,5-6,8-9H2,1-4H3. The van der Waals surface area contributed by atoms with E-state index in [0.717, 1.165) is 31.0 Å². The minimum Gasteiger partial charge on any atom is -0.497 e. The third-order valence-corrected chi connectivity index (χ3v) is 3.21. The average molecular weight is 262 g/mol. The molecule has 0 N–H and O–H groups in total. The summed E-state index contributed by atoms with van der Waals surface area (Å²) in [5.41, 5.74) is 2.37. The van der Waals surface area contributed by atoms with Crippen molar-refractivity contribution in [2.24, 2.45) is 0 Å². The highest BCUT2D eigenvalue weighted by Crippen LogP contribution is 2.28. The van der Waals surface area contributed by atoms with Gasteiger partial charge in [0.25, 0.3) is 0 Å². The van der Waals surface area contributed by atoms with Crippen LogP contribution in [0, 0.1) is 18.3 Å². The lowest BCUT2D eigenvalue weighted by atomic mass is 10.0. The second-order valence-electron chi connectivity index (χ2n) is 4.59. The van der Waals surface area contributed by atoms with Crippen LogP contribution >= 0.6 is 0 Å². The molecule has 0 aliphatic heterocycles. The lowest BCUT2D eigenvalue weighted by Gasteiger charge is -2.18. The van der Waals surface area contributed by atoms with Crippen LogP contribution < -0.4 is 9.47 Å². The molecule has 19 heavy (non-hydrogen) atoms. The fraction of sp³-hybridized carbons (Fsp3) is 0.533. The van der Waals surface area contributed by atoms with Gasteiger partial charge in [0.05, 0.1) is 20.3 Å². The maximum atomic E-state index is 8.57. The number of ether oxygens (including phenoxy) is 2. The molecule has 0 fully saturated rings. The second kappa shape index (κ2) is 7.65. The molecule has 0 spiro atoms. The molecule has 4 heteroatoms.